The molecule has 29 heavy (non-hydrogen) atoms. The summed E-state index contributed by atoms with van der Waals surface area (Å²) < 4.78 is 6.16. The molecular weight excluding hydrogens is 438 g/mol. The van der Waals surface area contributed by atoms with Crippen molar-refractivity contribution in [1.29, 1.82) is 0 Å². The molecule has 0 aliphatic heterocycles. The predicted octanol–water partition coefficient (Wildman–Crippen LogP) is 3.91. The molecule has 2 aromatic rings. The van der Waals surface area contributed by atoms with Crippen molar-refractivity contribution in [2.45, 2.75) is 27.2 Å². The molecule has 2 aromatic carbocycles. The van der Waals surface area contributed by atoms with E-state index < -0.39 is 11.8 Å². The summed E-state index contributed by atoms with van der Waals surface area (Å²) in [5, 5.41) is 2.78. The summed E-state index contributed by atoms with van der Waals surface area (Å²) in [7, 11) is 0. The zero-order valence-electron chi connectivity index (χ0n) is 16.5. The summed E-state index contributed by atoms with van der Waals surface area (Å²) in [5.74, 6) is -0.378. The van der Waals surface area contributed by atoms with Gasteiger partial charge in [-0.3, -0.25) is 25.2 Å². The second-order valence-electron chi connectivity index (χ2n) is 6.71. The molecule has 7 nitrogen and oxygen atoms in total. The monoisotopic (exact) mass is 461 g/mol. The molecule has 0 atom stereocenters. The standard InChI is InChI=1S/C21H24BrN3O4/c1-4-29-18-10-7-15(22)12-17(18)21(28)25-24-20(27)14-5-8-16(9-6-14)23-19(26)11-13(2)3/h5-10,12-13H,4,11H2,1-3H3,(H,23,26)(H,24,27)(H,25,28). The van der Waals surface area contributed by atoms with E-state index in [4.69, 9.17) is 4.74 Å². The van der Waals surface area contributed by atoms with Gasteiger partial charge >= 0.3 is 0 Å². The van der Waals surface area contributed by atoms with Crippen molar-refractivity contribution in [3.05, 3.63) is 58.1 Å². The Morgan fingerprint density at radius 2 is 1.66 bits per heavy atom. The summed E-state index contributed by atoms with van der Waals surface area (Å²) in [6.07, 6.45) is 0.424. The SMILES string of the molecule is CCOc1ccc(Br)cc1C(=O)NNC(=O)c1ccc(NC(=O)CC(C)C)cc1. The van der Waals surface area contributed by atoms with E-state index in [9.17, 15) is 14.4 Å². The van der Waals surface area contributed by atoms with E-state index in [0.29, 0.717) is 40.1 Å². The zero-order valence-corrected chi connectivity index (χ0v) is 18.1. The van der Waals surface area contributed by atoms with Crippen LogP contribution >= 0.6 is 15.9 Å². The normalized spacial score (nSPS) is 10.4. The maximum atomic E-state index is 12.4. The molecule has 0 spiro atoms. The number of hydrogen-bond acceptors (Lipinski definition) is 4. The van der Waals surface area contributed by atoms with E-state index in [0.717, 1.165) is 0 Å². The topological polar surface area (TPSA) is 96.5 Å². The third-order valence-corrected chi connectivity index (χ3v) is 4.29. The second-order valence-corrected chi connectivity index (χ2v) is 7.62. The fourth-order valence-electron chi connectivity index (χ4n) is 2.50. The van der Waals surface area contributed by atoms with Crippen LogP contribution in [0.5, 0.6) is 5.75 Å². The predicted molar refractivity (Wildman–Crippen MR) is 115 cm³/mol. The minimum atomic E-state index is -0.499. The molecule has 0 radical (unpaired) electrons. The lowest BCUT2D eigenvalue weighted by Gasteiger charge is -2.12. The number of hydrogen-bond donors (Lipinski definition) is 3. The van der Waals surface area contributed by atoms with Gasteiger partial charge < -0.3 is 10.1 Å². The van der Waals surface area contributed by atoms with E-state index >= 15 is 0 Å². The van der Waals surface area contributed by atoms with Gasteiger partial charge in [-0.25, -0.2) is 0 Å². The smallest absolute Gasteiger partial charge is 0.273 e. The van der Waals surface area contributed by atoms with Crippen LogP contribution in [0.1, 0.15) is 47.9 Å². The van der Waals surface area contributed by atoms with Gasteiger partial charge in [-0.15, -0.1) is 0 Å². The van der Waals surface area contributed by atoms with E-state index in [1.165, 1.54) is 0 Å². The minimum absolute atomic E-state index is 0.0800. The number of carbonyl (C=O) groups is 3. The van der Waals surface area contributed by atoms with Crippen molar-refractivity contribution in [1.82, 2.24) is 10.9 Å². The van der Waals surface area contributed by atoms with Gasteiger partial charge in [0.25, 0.3) is 11.8 Å². The van der Waals surface area contributed by atoms with Gasteiger partial charge in [0.1, 0.15) is 5.75 Å². The molecule has 8 heteroatoms. The number of benzene rings is 2. The van der Waals surface area contributed by atoms with Gasteiger partial charge in [0.15, 0.2) is 0 Å². The first kappa shape index (κ1) is 22.4. The van der Waals surface area contributed by atoms with Gasteiger partial charge in [-0.05, 0) is 55.3 Å². The van der Waals surface area contributed by atoms with Crippen molar-refractivity contribution >= 4 is 39.3 Å². The molecule has 0 aromatic heterocycles. The summed E-state index contributed by atoms with van der Waals surface area (Å²) in [5.41, 5.74) is 6.00. The zero-order chi connectivity index (χ0) is 21.4. The lowest BCUT2D eigenvalue weighted by atomic mass is 10.1. The van der Waals surface area contributed by atoms with Gasteiger partial charge in [0, 0.05) is 22.1 Å². The Hall–Kier alpha value is -2.87. The first-order valence-corrected chi connectivity index (χ1v) is 10.0. The molecule has 0 bridgehead atoms. The Balaban J connectivity index is 1.96. The summed E-state index contributed by atoms with van der Waals surface area (Å²) in [6, 6.07) is 11.5. The fraction of sp³-hybridized carbons (Fsp3) is 0.286. The molecule has 3 amide bonds. The van der Waals surface area contributed by atoms with Crippen LogP contribution in [0.25, 0.3) is 0 Å². The summed E-state index contributed by atoms with van der Waals surface area (Å²) >= 11 is 3.32. The maximum Gasteiger partial charge on any atom is 0.273 e. The quantitative estimate of drug-likeness (QED) is 0.544. The first-order chi connectivity index (χ1) is 13.8. The van der Waals surface area contributed by atoms with Gasteiger partial charge in [0.05, 0.1) is 12.2 Å². The van der Waals surface area contributed by atoms with Crippen LogP contribution in [-0.2, 0) is 4.79 Å². The van der Waals surface area contributed by atoms with Crippen molar-refractivity contribution in [3.8, 4) is 5.75 Å². The van der Waals surface area contributed by atoms with Crippen LogP contribution < -0.4 is 20.9 Å². The highest BCUT2D eigenvalue weighted by Crippen LogP contribution is 2.23. The number of amides is 3. The van der Waals surface area contributed by atoms with Crippen LogP contribution in [0.15, 0.2) is 46.9 Å². The van der Waals surface area contributed by atoms with Crippen LogP contribution in [-0.4, -0.2) is 24.3 Å². The average molecular weight is 462 g/mol. The third-order valence-electron chi connectivity index (χ3n) is 3.80. The molecule has 0 unspecified atom stereocenters. The number of rotatable bonds is 7. The fourth-order valence-corrected chi connectivity index (χ4v) is 2.86. The lowest BCUT2D eigenvalue weighted by Crippen LogP contribution is -2.41. The Bertz CT molecular complexity index is 882. The molecule has 154 valence electrons. The molecule has 3 N–H and O–H groups in total. The van der Waals surface area contributed by atoms with E-state index in [2.05, 4.69) is 32.1 Å². The highest BCUT2D eigenvalue weighted by molar-refractivity contribution is 9.10. The third kappa shape index (κ3) is 6.90. The van der Waals surface area contributed by atoms with Crippen LogP contribution in [0, 0.1) is 5.92 Å². The summed E-state index contributed by atoms with van der Waals surface area (Å²) in [4.78, 5) is 36.5. The highest BCUT2D eigenvalue weighted by Gasteiger charge is 2.15. The van der Waals surface area contributed by atoms with Crippen molar-refractivity contribution in [2.75, 3.05) is 11.9 Å². The minimum Gasteiger partial charge on any atom is -0.493 e. The Labute approximate surface area is 178 Å². The number of carbonyl (C=O) groups excluding carboxylic acids is 3. The molecule has 0 aliphatic carbocycles. The molecule has 0 aliphatic rings. The largest absolute Gasteiger partial charge is 0.493 e. The number of halogens is 1. The van der Waals surface area contributed by atoms with Crippen molar-refractivity contribution in [2.24, 2.45) is 5.92 Å². The molecule has 0 fully saturated rings. The van der Waals surface area contributed by atoms with Crippen molar-refractivity contribution < 1.29 is 19.1 Å². The molecule has 0 saturated carbocycles. The molecular formula is C21H24BrN3O4. The maximum absolute atomic E-state index is 12.4. The van der Waals surface area contributed by atoms with Gasteiger partial charge in [-0.2, -0.15) is 0 Å². The molecule has 0 heterocycles. The van der Waals surface area contributed by atoms with Crippen LogP contribution in [0.2, 0.25) is 0 Å². The molecule has 2 rings (SSSR count). The Kier molecular flexibility index (Phi) is 8.21. The van der Waals surface area contributed by atoms with Crippen LogP contribution in [0.3, 0.4) is 0 Å². The first-order valence-electron chi connectivity index (χ1n) is 9.23. The van der Waals surface area contributed by atoms with E-state index in [1.807, 2.05) is 20.8 Å². The number of hydrazine groups is 1. The number of anilines is 1. The lowest BCUT2D eigenvalue weighted by molar-refractivity contribution is -0.116. The van der Waals surface area contributed by atoms with E-state index in [1.54, 1.807) is 42.5 Å². The van der Waals surface area contributed by atoms with Gasteiger partial charge in [-0.1, -0.05) is 29.8 Å². The number of nitrogens with one attached hydrogen (secondary N) is 3. The number of ether oxygens (including phenoxy) is 1. The Morgan fingerprint density at radius 1 is 1.00 bits per heavy atom. The summed E-state index contributed by atoms with van der Waals surface area (Å²) in [6.45, 7) is 6.16. The van der Waals surface area contributed by atoms with Crippen LogP contribution in [0.4, 0.5) is 5.69 Å². The van der Waals surface area contributed by atoms with Gasteiger partial charge in [0.2, 0.25) is 5.91 Å². The van der Waals surface area contributed by atoms with E-state index in [-0.39, 0.29) is 11.8 Å². The highest BCUT2D eigenvalue weighted by atomic mass is 79.9. The van der Waals surface area contributed by atoms with Crippen molar-refractivity contribution in [3.63, 3.8) is 0 Å². The average Bonchev–Trinajstić information content (AvgIpc) is 2.67. The molecule has 0 saturated heterocycles. The second kappa shape index (κ2) is 10.6. The Morgan fingerprint density at radius 3 is 2.28 bits per heavy atom.